The molecule has 0 bridgehead atoms. The van der Waals surface area contributed by atoms with Gasteiger partial charge in [-0.25, -0.2) is 9.97 Å². The van der Waals surface area contributed by atoms with E-state index in [0.29, 0.717) is 10.7 Å². The molecular formula is C18H15N5O2S2. The van der Waals surface area contributed by atoms with Gasteiger partial charge < -0.3 is 4.74 Å². The maximum atomic E-state index is 12.5. The minimum absolute atomic E-state index is 0.185. The summed E-state index contributed by atoms with van der Waals surface area (Å²) >= 11 is 2.97. The molecule has 0 spiro atoms. The third-order valence-corrected chi connectivity index (χ3v) is 5.68. The van der Waals surface area contributed by atoms with Crippen molar-refractivity contribution in [2.24, 2.45) is 0 Å². The van der Waals surface area contributed by atoms with Crippen LogP contribution in [0.15, 0.2) is 53.9 Å². The number of fused-ring (bicyclic) bond motifs is 1. The normalized spacial score (nSPS) is 10.9. The molecule has 0 saturated heterocycles. The maximum Gasteiger partial charge on any atom is 0.257 e. The highest BCUT2D eigenvalue weighted by atomic mass is 32.2. The third-order valence-electron chi connectivity index (χ3n) is 3.80. The van der Waals surface area contributed by atoms with Crippen LogP contribution < -0.4 is 10.1 Å². The standard InChI is InChI=1S/C18H15N5O2S2/c1-25-13-6-7-14-15(8-13)27-18(21-14)22-16(24)12-4-2-11(3-5-12)9-26-17-19-10-20-23-17/h2-8,10H,9H2,1H3,(H,19,20,23)(H,21,22,24). The van der Waals surface area contributed by atoms with E-state index < -0.39 is 0 Å². The zero-order chi connectivity index (χ0) is 18.6. The molecule has 0 aliphatic carbocycles. The largest absolute Gasteiger partial charge is 0.497 e. The van der Waals surface area contributed by atoms with Gasteiger partial charge in [-0.3, -0.25) is 15.2 Å². The highest BCUT2D eigenvalue weighted by Gasteiger charge is 2.11. The lowest BCUT2D eigenvalue weighted by Gasteiger charge is -2.03. The number of H-pyrrole nitrogens is 1. The van der Waals surface area contributed by atoms with Crippen LogP contribution in [0.1, 0.15) is 15.9 Å². The van der Waals surface area contributed by atoms with E-state index in [4.69, 9.17) is 4.74 Å². The molecule has 0 fully saturated rings. The number of hydrogen-bond donors (Lipinski definition) is 2. The first-order chi connectivity index (χ1) is 13.2. The molecule has 7 nitrogen and oxygen atoms in total. The van der Waals surface area contributed by atoms with Gasteiger partial charge in [-0.05, 0) is 35.9 Å². The van der Waals surface area contributed by atoms with Crippen LogP contribution in [-0.4, -0.2) is 33.2 Å². The van der Waals surface area contributed by atoms with Gasteiger partial charge in [0.05, 0.1) is 17.3 Å². The minimum Gasteiger partial charge on any atom is -0.497 e. The van der Waals surface area contributed by atoms with E-state index in [-0.39, 0.29) is 5.91 Å². The lowest BCUT2D eigenvalue weighted by Crippen LogP contribution is -2.11. The second-order valence-corrected chi connectivity index (χ2v) is 7.58. The van der Waals surface area contributed by atoms with E-state index >= 15 is 0 Å². The van der Waals surface area contributed by atoms with E-state index in [1.807, 2.05) is 42.5 Å². The SMILES string of the molecule is COc1ccc2nc(NC(=O)c3ccc(CSc4ncn[nH]4)cc3)sc2c1. The highest BCUT2D eigenvalue weighted by molar-refractivity contribution is 7.98. The van der Waals surface area contributed by atoms with Crippen molar-refractivity contribution in [2.75, 3.05) is 12.4 Å². The molecule has 4 rings (SSSR count). The average molecular weight is 397 g/mol. The number of ether oxygens (including phenoxy) is 1. The molecule has 1 amide bonds. The van der Waals surface area contributed by atoms with Crippen LogP contribution in [0.3, 0.4) is 0 Å². The van der Waals surface area contributed by atoms with Crippen LogP contribution in [0.2, 0.25) is 0 Å². The summed E-state index contributed by atoms with van der Waals surface area (Å²) in [6, 6.07) is 13.1. The predicted molar refractivity (Wildman–Crippen MR) is 107 cm³/mol. The summed E-state index contributed by atoms with van der Waals surface area (Å²) < 4.78 is 6.18. The van der Waals surface area contributed by atoms with E-state index in [9.17, 15) is 4.79 Å². The molecule has 0 aliphatic heterocycles. The first-order valence-corrected chi connectivity index (χ1v) is 9.84. The van der Waals surface area contributed by atoms with Crippen molar-refractivity contribution >= 4 is 44.4 Å². The molecule has 0 saturated carbocycles. The zero-order valence-electron chi connectivity index (χ0n) is 14.3. The molecular weight excluding hydrogens is 382 g/mol. The fraction of sp³-hybridized carbons (Fsp3) is 0.111. The monoisotopic (exact) mass is 397 g/mol. The fourth-order valence-corrected chi connectivity index (χ4v) is 4.05. The Labute approximate surface area is 163 Å². The summed E-state index contributed by atoms with van der Waals surface area (Å²) in [6.45, 7) is 0. The molecule has 2 N–H and O–H groups in total. The van der Waals surface area contributed by atoms with Crippen molar-refractivity contribution in [3.63, 3.8) is 0 Å². The number of aromatic amines is 1. The number of thiazole rings is 1. The summed E-state index contributed by atoms with van der Waals surface area (Å²) in [4.78, 5) is 21.0. The lowest BCUT2D eigenvalue weighted by atomic mass is 10.1. The van der Waals surface area contributed by atoms with Crippen molar-refractivity contribution in [3.05, 3.63) is 59.9 Å². The molecule has 2 aromatic carbocycles. The number of rotatable bonds is 6. The summed E-state index contributed by atoms with van der Waals surface area (Å²) in [5.74, 6) is 1.33. The average Bonchev–Trinajstić information content (AvgIpc) is 3.35. The summed E-state index contributed by atoms with van der Waals surface area (Å²) in [5.41, 5.74) is 2.51. The van der Waals surface area contributed by atoms with Crippen LogP contribution >= 0.6 is 23.1 Å². The molecule has 4 aromatic rings. The Morgan fingerprint density at radius 3 is 2.85 bits per heavy atom. The van der Waals surface area contributed by atoms with Crippen molar-refractivity contribution in [1.29, 1.82) is 0 Å². The first kappa shape index (κ1) is 17.5. The molecule has 2 heterocycles. The number of benzene rings is 2. The molecule has 0 aliphatic rings. The summed E-state index contributed by atoms with van der Waals surface area (Å²) in [6.07, 6.45) is 1.48. The van der Waals surface area contributed by atoms with Crippen LogP contribution in [0.4, 0.5) is 5.13 Å². The number of nitrogens with zero attached hydrogens (tertiary/aromatic N) is 3. The predicted octanol–water partition coefficient (Wildman–Crippen LogP) is 3.97. The number of amides is 1. The van der Waals surface area contributed by atoms with E-state index in [2.05, 4.69) is 25.5 Å². The van der Waals surface area contributed by atoms with E-state index in [1.54, 1.807) is 18.9 Å². The van der Waals surface area contributed by atoms with Crippen molar-refractivity contribution in [2.45, 2.75) is 10.9 Å². The third kappa shape index (κ3) is 4.09. The van der Waals surface area contributed by atoms with Gasteiger partial charge in [0.1, 0.15) is 12.1 Å². The number of methoxy groups -OCH3 is 1. The second kappa shape index (κ2) is 7.77. The number of carbonyl (C=O) groups is 1. The van der Waals surface area contributed by atoms with Gasteiger partial charge >= 0.3 is 0 Å². The van der Waals surface area contributed by atoms with Gasteiger partial charge in [0.2, 0.25) is 0 Å². The molecule has 2 aromatic heterocycles. The molecule has 9 heteroatoms. The van der Waals surface area contributed by atoms with Crippen molar-refractivity contribution in [1.82, 2.24) is 20.2 Å². The number of nitrogens with one attached hydrogen (secondary N) is 2. The van der Waals surface area contributed by atoms with Gasteiger partial charge in [-0.15, -0.1) is 0 Å². The highest BCUT2D eigenvalue weighted by Crippen LogP contribution is 2.29. The van der Waals surface area contributed by atoms with Gasteiger partial charge in [-0.2, -0.15) is 5.10 Å². The van der Waals surface area contributed by atoms with Gasteiger partial charge in [-0.1, -0.05) is 35.2 Å². The van der Waals surface area contributed by atoms with Crippen LogP contribution in [0, 0.1) is 0 Å². The zero-order valence-corrected chi connectivity index (χ0v) is 15.9. The molecule has 0 unspecified atom stereocenters. The Morgan fingerprint density at radius 2 is 2.11 bits per heavy atom. The number of aromatic nitrogens is 4. The first-order valence-electron chi connectivity index (χ1n) is 8.04. The Kier molecular flexibility index (Phi) is 5.03. The van der Waals surface area contributed by atoms with Crippen LogP contribution in [0.5, 0.6) is 5.75 Å². The molecule has 136 valence electrons. The molecule has 0 radical (unpaired) electrons. The number of carbonyl (C=O) groups excluding carboxylic acids is 1. The van der Waals surface area contributed by atoms with E-state index in [1.165, 1.54) is 17.7 Å². The number of thioether (sulfide) groups is 1. The Morgan fingerprint density at radius 1 is 1.26 bits per heavy atom. The minimum atomic E-state index is -0.185. The van der Waals surface area contributed by atoms with Gasteiger partial charge in [0, 0.05) is 11.3 Å². The van der Waals surface area contributed by atoms with Crippen molar-refractivity contribution < 1.29 is 9.53 Å². The van der Waals surface area contributed by atoms with Gasteiger partial charge in [0.15, 0.2) is 10.3 Å². The Balaban J connectivity index is 1.41. The summed E-state index contributed by atoms with van der Waals surface area (Å²) in [5, 5.41) is 10.8. The quantitative estimate of drug-likeness (QED) is 0.478. The van der Waals surface area contributed by atoms with Crippen LogP contribution in [0.25, 0.3) is 10.2 Å². The number of anilines is 1. The maximum absolute atomic E-state index is 12.5. The Bertz CT molecular complexity index is 1060. The van der Waals surface area contributed by atoms with Crippen molar-refractivity contribution in [3.8, 4) is 5.75 Å². The molecule has 27 heavy (non-hydrogen) atoms. The number of hydrogen-bond acceptors (Lipinski definition) is 7. The van der Waals surface area contributed by atoms with Crippen LogP contribution in [-0.2, 0) is 5.75 Å². The van der Waals surface area contributed by atoms with E-state index in [0.717, 1.165) is 32.4 Å². The topological polar surface area (TPSA) is 92.8 Å². The van der Waals surface area contributed by atoms with Gasteiger partial charge in [0.25, 0.3) is 5.91 Å². The smallest absolute Gasteiger partial charge is 0.257 e. The Hall–Kier alpha value is -2.91. The second-order valence-electron chi connectivity index (χ2n) is 5.58. The lowest BCUT2D eigenvalue weighted by molar-refractivity contribution is 0.102. The molecule has 0 atom stereocenters. The summed E-state index contributed by atoms with van der Waals surface area (Å²) in [7, 11) is 1.62. The fourth-order valence-electron chi connectivity index (χ4n) is 2.42.